The fraction of sp³-hybridized carbons (Fsp3) is 0.671. The molecular weight excluding hydrogens is 1010 g/mol. The maximum absolute atomic E-state index is 13.0. The van der Waals surface area contributed by atoms with E-state index in [1.165, 1.54) is 122 Å². The molecule has 0 N–H and O–H groups in total. The quantitative estimate of drug-likeness (QED) is 0.0261. The number of hydrogen-bond donors (Lipinski definition) is 0. The van der Waals surface area contributed by atoms with E-state index in [0.29, 0.717) is 19.3 Å². The molecule has 0 aliphatic carbocycles. The van der Waals surface area contributed by atoms with Gasteiger partial charge >= 0.3 is 17.9 Å². The van der Waals surface area contributed by atoms with Crippen LogP contribution in [0.5, 0.6) is 0 Å². The zero-order valence-corrected chi connectivity index (χ0v) is 53.5. The Morgan fingerprint density at radius 2 is 0.488 bits per heavy atom. The van der Waals surface area contributed by atoms with Crippen LogP contribution in [0, 0.1) is 0 Å². The van der Waals surface area contributed by atoms with Crippen molar-refractivity contribution in [3.05, 3.63) is 134 Å². The smallest absolute Gasteiger partial charge is 0.306 e. The highest BCUT2D eigenvalue weighted by atomic mass is 16.6. The third-order valence-electron chi connectivity index (χ3n) is 14.4. The van der Waals surface area contributed by atoms with Crippen LogP contribution in [0.25, 0.3) is 0 Å². The number of hydrogen-bond acceptors (Lipinski definition) is 6. The molecule has 6 heteroatoms. The van der Waals surface area contributed by atoms with Gasteiger partial charge in [0, 0.05) is 19.3 Å². The molecule has 1 atom stereocenters. The average Bonchev–Trinajstić information content (AvgIpc) is 3.47. The Morgan fingerprint density at radius 3 is 0.780 bits per heavy atom. The minimum Gasteiger partial charge on any atom is -0.462 e. The van der Waals surface area contributed by atoms with E-state index in [1.54, 1.807) is 0 Å². The van der Waals surface area contributed by atoms with E-state index in [4.69, 9.17) is 14.2 Å². The van der Waals surface area contributed by atoms with Crippen molar-refractivity contribution in [3.63, 3.8) is 0 Å². The summed E-state index contributed by atoms with van der Waals surface area (Å²) in [6.07, 6.45) is 97.4. The summed E-state index contributed by atoms with van der Waals surface area (Å²) < 4.78 is 16.9. The normalized spacial score (nSPS) is 13.0. The molecule has 0 saturated heterocycles. The highest BCUT2D eigenvalue weighted by Crippen LogP contribution is 2.15. The average molecular weight is 1140 g/mol. The lowest BCUT2D eigenvalue weighted by Gasteiger charge is -2.18. The van der Waals surface area contributed by atoms with E-state index in [2.05, 4.69) is 154 Å². The van der Waals surface area contributed by atoms with Crippen LogP contribution in [0.2, 0.25) is 0 Å². The summed E-state index contributed by atoms with van der Waals surface area (Å²) in [7, 11) is 0. The summed E-state index contributed by atoms with van der Waals surface area (Å²) in [5, 5.41) is 0. The van der Waals surface area contributed by atoms with Crippen molar-refractivity contribution in [2.45, 2.75) is 316 Å². The van der Waals surface area contributed by atoms with Gasteiger partial charge in [0.05, 0.1) is 0 Å². The van der Waals surface area contributed by atoms with Crippen molar-refractivity contribution < 1.29 is 28.6 Å². The Kier molecular flexibility index (Phi) is 65.3. The Labute approximate surface area is 506 Å². The second-order valence-corrected chi connectivity index (χ2v) is 22.3. The Bertz CT molecular complexity index is 1730. The molecule has 6 nitrogen and oxygen atoms in total. The molecule has 0 rings (SSSR count). The highest BCUT2D eigenvalue weighted by Gasteiger charge is 2.19. The number of allylic oxidation sites excluding steroid dienone is 22. The number of rotatable bonds is 61. The monoisotopic (exact) mass is 1130 g/mol. The van der Waals surface area contributed by atoms with E-state index in [0.717, 1.165) is 148 Å². The lowest BCUT2D eigenvalue weighted by atomic mass is 10.0. The van der Waals surface area contributed by atoms with Crippen molar-refractivity contribution in [1.82, 2.24) is 0 Å². The highest BCUT2D eigenvalue weighted by molar-refractivity contribution is 5.71. The van der Waals surface area contributed by atoms with Gasteiger partial charge in [0.1, 0.15) is 13.2 Å². The Morgan fingerprint density at radius 1 is 0.256 bits per heavy atom. The Balaban J connectivity index is 4.40. The number of carbonyl (C=O) groups excluding carboxylic acids is 3. The molecular formula is C76H126O6. The standard InChI is InChI=1S/C76H126O6/c1-4-7-10-13-16-19-22-25-28-30-32-34-36-38-40-42-44-46-48-51-54-57-60-63-66-69-75(78)81-72-73(71-80-74(77)68-65-62-59-56-53-50-27-24-21-18-15-12-9-6-3)82-76(79)70-67-64-61-58-55-52-49-47-45-43-41-39-37-35-33-31-29-26-23-20-17-14-11-8-5-2/h7,10,15-16,18-19,23-28,31-34,37-40,44,46,73H,4-6,8-9,11-14,17,20-22,29-30,35-36,41-43,45,47-72H2,1-3H3/b10-7-,18-15-,19-16-,26-23-,27-24-,28-25-,33-31-,34-32-,39-37-,40-38-,46-44-. The van der Waals surface area contributed by atoms with Gasteiger partial charge in [-0.2, -0.15) is 0 Å². The summed E-state index contributed by atoms with van der Waals surface area (Å²) >= 11 is 0. The van der Waals surface area contributed by atoms with Crippen LogP contribution in [0.4, 0.5) is 0 Å². The summed E-state index contributed by atoms with van der Waals surface area (Å²) in [4.78, 5) is 38.4. The zero-order chi connectivity index (χ0) is 59.2. The molecule has 0 aliphatic rings. The maximum atomic E-state index is 13.0. The molecule has 0 bridgehead atoms. The van der Waals surface area contributed by atoms with Gasteiger partial charge in [0.25, 0.3) is 0 Å². The molecule has 0 aromatic heterocycles. The van der Waals surface area contributed by atoms with Gasteiger partial charge in [-0.3, -0.25) is 14.4 Å². The van der Waals surface area contributed by atoms with Crippen molar-refractivity contribution in [1.29, 1.82) is 0 Å². The van der Waals surface area contributed by atoms with E-state index in [-0.39, 0.29) is 31.1 Å². The first-order chi connectivity index (χ1) is 40.5. The molecule has 0 saturated carbocycles. The molecule has 82 heavy (non-hydrogen) atoms. The lowest BCUT2D eigenvalue weighted by molar-refractivity contribution is -0.167. The Hall–Kier alpha value is -4.45. The fourth-order valence-corrected chi connectivity index (χ4v) is 9.24. The summed E-state index contributed by atoms with van der Waals surface area (Å²) in [5.74, 6) is -0.921. The molecule has 0 amide bonds. The SMILES string of the molecule is CC/C=C\C/C=C\C/C=C\C/C=C\C/C=C\C/C=C\CCCCCCCCC(=O)OCC(COC(=O)CCCCCCC/C=C\C/C=C\CCCC)OC(=O)CCCCCCCCCCCC/C=C\C/C=C\C/C=C\CCCCCCC. The van der Waals surface area contributed by atoms with Crippen LogP contribution in [0.15, 0.2) is 134 Å². The molecule has 0 spiro atoms. The molecule has 0 aliphatic heterocycles. The number of esters is 3. The molecule has 0 aromatic carbocycles. The molecule has 0 heterocycles. The lowest BCUT2D eigenvalue weighted by Crippen LogP contribution is -2.30. The maximum Gasteiger partial charge on any atom is 0.306 e. The molecule has 466 valence electrons. The van der Waals surface area contributed by atoms with Crippen molar-refractivity contribution in [3.8, 4) is 0 Å². The van der Waals surface area contributed by atoms with E-state index in [1.807, 2.05) is 0 Å². The van der Waals surface area contributed by atoms with Crippen molar-refractivity contribution in [2.75, 3.05) is 13.2 Å². The topological polar surface area (TPSA) is 78.9 Å². The fourth-order valence-electron chi connectivity index (χ4n) is 9.24. The number of carbonyl (C=O) groups is 3. The molecule has 0 aromatic rings. The van der Waals surface area contributed by atoms with Crippen molar-refractivity contribution in [2.24, 2.45) is 0 Å². The largest absolute Gasteiger partial charge is 0.462 e. The van der Waals surface area contributed by atoms with Crippen LogP contribution in [-0.4, -0.2) is 37.2 Å². The first kappa shape index (κ1) is 77.5. The number of ether oxygens (including phenoxy) is 3. The van der Waals surface area contributed by atoms with Gasteiger partial charge < -0.3 is 14.2 Å². The van der Waals surface area contributed by atoms with Crippen LogP contribution in [0.1, 0.15) is 310 Å². The van der Waals surface area contributed by atoms with Gasteiger partial charge in [-0.15, -0.1) is 0 Å². The summed E-state index contributed by atoms with van der Waals surface area (Å²) in [6, 6.07) is 0. The summed E-state index contributed by atoms with van der Waals surface area (Å²) in [5.41, 5.74) is 0. The first-order valence-electron chi connectivity index (χ1n) is 34.2. The first-order valence-corrected chi connectivity index (χ1v) is 34.2. The molecule has 0 fully saturated rings. The number of unbranched alkanes of at least 4 members (excludes halogenated alkanes) is 28. The van der Waals surface area contributed by atoms with Gasteiger partial charge in [-0.1, -0.05) is 289 Å². The third-order valence-corrected chi connectivity index (χ3v) is 14.4. The van der Waals surface area contributed by atoms with E-state index in [9.17, 15) is 14.4 Å². The molecule has 1 unspecified atom stereocenters. The van der Waals surface area contributed by atoms with Gasteiger partial charge in [-0.05, 0) is 135 Å². The third kappa shape index (κ3) is 66.4. The van der Waals surface area contributed by atoms with E-state index >= 15 is 0 Å². The van der Waals surface area contributed by atoms with Crippen LogP contribution >= 0.6 is 0 Å². The van der Waals surface area contributed by atoms with Crippen LogP contribution in [-0.2, 0) is 28.6 Å². The molecule has 0 radical (unpaired) electrons. The van der Waals surface area contributed by atoms with Crippen LogP contribution in [0.3, 0.4) is 0 Å². The second-order valence-electron chi connectivity index (χ2n) is 22.3. The van der Waals surface area contributed by atoms with Gasteiger partial charge in [-0.25, -0.2) is 0 Å². The summed E-state index contributed by atoms with van der Waals surface area (Å²) in [6.45, 7) is 6.46. The van der Waals surface area contributed by atoms with Crippen molar-refractivity contribution >= 4 is 17.9 Å². The zero-order valence-electron chi connectivity index (χ0n) is 53.5. The predicted molar refractivity (Wildman–Crippen MR) is 357 cm³/mol. The second kappa shape index (κ2) is 69.0. The van der Waals surface area contributed by atoms with Gasteiger partial charge in [0.2, 0.25) is 0 Å². The van der Waals surface area contributed by atoms with E-state index < -0.39 is 6.10 Å². The van der Waals surface area contributed by atoms with Gasteiger partial charge in [0.15, 0.2) is 6.10 Å². The minimum absolute atomic E-state index is 0.0947. The predicted octanol–water partition coefficient (Wildman–Crippen LogP) is 23.7. The minimum atomic E-state index is -0.799. The van der Waals surface area contributed by atoms with Crippen LogP contribution < -0.4 is 0 Å².